The van der Waals surface area contributed by atoms with Crippen molar-refractivity contribution in [1.29, 1.82) is 0 Å². The third-order valence-electron chi connectivity index (χ3n) is 6.02. The van der Waals surface area contributed by atoms with Crippen molar-refractivity contribution < 1.29 is 9.59 Å². The molecule has 6 nitrogen and oxygen atoms in total. The minimum atomic E-state index is -0.169. The largest absolute Gasteiger partial charge is 0.348 e. The average molecular weight is 451 g/mol. The first-order valence-corrected chi connectivity index (χ1v) is 11.5. The molecule has 3 aromatic carbocycles. The van der Waals surface area contributed by atoms with Crippen molar-refractivity contribution >= 4 is 17.5 Å². The molecule has 34 heavy (non-hydrogen) atoms. The fraction of sp³-hybridized carbons (Fsp3) is 0.179. The number of nitrogens with one attached hydrogen (secondary N) is 1. The Morgan fingerprint density at radius 1 is 0.882 bits per heavy atom. The summed E-state index contributed by atoms with van der Waals surface area (Å²) in [6, 6.07) is 27.6. The number of aromatic nitrogens is 2. The highest BCUT2D eigenvalue weighted by Gasteiger charge is 2.21. The molecular formula is C28H26N4O2. The highest BCUT2D eigenvalue weighted by molar-refractivity contribution is 5.99. The molecule has 5 rings (SSSR count). The Hall–Kier alpha value is -4.19. The van der Waals surface area contributed by atoms with Gasteiger partial charge in [-0.05, 0) is 29.7 Å². The van der Waals surface area contributed by atoms with Gasteiger partial charge in [0, 0.05) is 37.0 Å². The number of benzene rings is 3. The Morgan fingerprint density at radius 2 is 1.59 bits per heavy atom. The lowest BCUT2D eigenvalue weighted by Gasteiger charge is -2.16. The van der Waals surface area contributed by atoms with Crippen molar-refractivity contribution in [3.8, 4) is 11.3 Å². The number of carbonyl (C=O) groups is 2. The lowest BCUT2D eigenvalue weighted by Crippen LogP contribution is -2.24. The molecule has 1 aromatic heterocycles. The summed E-state index contributed by atoms with van der Waals surface area (Å²) < 4.78 is 1.81. The van der Waals surface area contributed by atoms with Gasteiger partial charge in [0.05, 0.1) is 12.1 Å². The minimum Gasteiger partial charge on any atom is -0.348 e. The van der Waals surface area contributed by atoms with Crippen molar-refractivity contribution in [2.45, 2.75) is 25.9 Å². The first-order valence-electron chi connectivity index (χ1n) is 11.5. The summed E-state index contributed by atoms with van der Waals surface area (Å²) in [7, 11) is 0. The Kier molecular flexibility index (Phi) is 6.21. The summed E-state index contributed by atoms with van der Waals surface area (Å²) in [6.07, 6.45) is 3.32. The molecule has 0 aliphatic carbocycles. The number of nitrogens with zero attached hydrogens (tertiary/aromatic N) is 3. The summed E-state index contributed by atoms with van der Waals surface area (Å²) in [4.78, 5) is 27.0. The van der Waals surface area contributed by atoms with E-state index in [1.54, 1.807) is 0 Å². The predicted octanol–water partition coefficient (Wildman–Crippen LogP) is 4.66. The van der Waals surface area contributed by atoms with Crippen molar-refractivity contribution in [2.75, 3.05) is 11.4 Å². The van der Waals surface area contributed by atoms with E-state index < -0.39 is 0 Å². The van der Waals surface area contributed by atoms with Gasteiger partial charge in [-0.1, -0.05) is 72.8 Å². The van der Waals surface area contributed by atoms with Crippen LogP contribution < -0.4 is 10.2 Å². The predicted molar refractivity (Wildman–Crippen MR) is 132 cm³/mol. The van der Waals surface area contributed by atoms with E-state index in [4.69, 9.17) is 5.10 Å². The molecule has 1 fully saturated rings. The number of rotatable bonds is 7. The van der Waals surface area contributed by atoms with Crippen molar-refractivity contribution in [1.82, 2.24) is 15.1 Å². The van der Waals surface area contributed by atoms with Gasteiger partial charge < -0.3 is 10.2 Å². The van der Waals surface area contributed by atoms with Crippen LogP contribution >= 0.6 is 0 Å². The van der Waals surface area contributed by atoms with E-state index in [9.17, 15) is 9.59 Å². The van der Waals surface area contributed by atoms with E-state index in [0.29, 0.717) is 30.8 Å². The second kappa shape index (κ2) is 9.75. The van der Waals surface area contributed by atoms with E-state index in [1.165, 1.54) is 0 Å². The van der Waals surface area contributed by atoms with Crippen molar-refractivity contribution in [2.24, 2.45) is 0 Å². The zero-order valence-electron chi connectivity index (χ0n) is 18.9. The van der Waals surface area contributed by atoms with Crippen LogP contribution in [-0.4, -0.2) is 28.1 Å². The number of anilines is 1. The number of hydrogen-bond donors (Lipinski definition) is 1. The molecular weight excluding hydrogens is 424 g/mol. The van der Waals surface area contributed by atoms with Crippen LogP contribution in [0.4, 0.5) is 5.69 Å². The van der Waals surface area contributed by atoms with Gasteiger partial charge in [-0.3, -0.25) is 14.3 Å². The van der Waals surface area contributed by atoms with E-state index in [2.05, 4.69) is 5.32 Å². The number of hydrogen-bond acceptors (Lipinski definition) is 3. The third kappa shape index (κ3) is 4.76. The minimum absolute atomic E-state index is 0.169. The Bertz CT molecular complexity index is 1280. The van der Waals surface area contributed by atoms with Crippen LogP contribution in [0.2, 0.25) is 0 Å². The van der Waals surface area contributed by atoms with Gasteiger partial charge in [-0.15, -0.1) is 0 Å². The topological polar surface area (TPSA) is 67.2 Å². The molecule has 0 spiro atoms. The van der Waals surface area contributed by atoms with E-state index in [1.807, 2.05) is 101 Å². The maximum atomic E-state index is 13.2. The lowest BCUT2D eigenvalue weighted by atomic mass is 10.1. The van der Waals surface area contributed by atoms with Crippen LogP contribution in [-0.2, 0) is 17.9 Å². The van der Waals surface area contributed by atoms with Crippen LogP contribution in [0.25, 0.3) is 11.3 Å². The summed E-state index contributed by atoms with van der Waals surface area (Å²) in [6.45, 7) is 1.75. The van der Waals surface area contributed by atoms with Crippen molar-refractivity contribution in [3.05, 3.63) is 108 Å². The fourth-order valence-electron chi connectivity index (χ4n) is 4.24. The van der Waals surface area contributed by atoms with Crippen LogP contribution in [0.1, 0.15) is 34.3 Å². The maximum Gasteiger partial charge on any atom is 0.255 e. The summed E-state index contributed by atoms with van der Waals surface area (Å²) >= 11 is 0. The SMILES string of the molecule is O=C(NCc1ccc(N2CCCC2=O)cc1)c1cn(Cc2ccccc2)nc1-c1ccccc1. The molecule has 0 unspecified atom stereocenters. The first kappa shape index (κ1) is 21.6. The molecule has 1 aliphatic rings. The highest BCUT2D eigenvalue weighted by Crippen LogP contribution is 2.24. The Labute approximate surface area is 198 Å². The van der Waals surface area contributed by atoms with Gasteiger partial charge in [0.2, 0.25) is 5.91 Å². The smallest absolute Gasteiger partial charge is 0.255 e. The molecule has 2 amide bonds. The van der Waals surface area contributed by atoms with Gasteiger partial charge >= 0.3 is 0 Å². The monoisotopic (exact) mass is 450 g/mol. The zero-order chi connectivity index (χ0) is 23.3. The molecule has 0 radical (unpaired) electrons. The highest BCUT2D eigenvalue weighted by atomic mass is 16.2. The molecule has 4 aromatic rings. The Morgan fingerprint density at radius 3 is 2.26 bits per heavy atom. The van der Waals surface area contributed by atoms with Crippen LogP contribution in [0.5, 0.6) is 0 Å². The second-order valence-electron chi connectivity index (χ2n) is 8.44. The van der Waals surface area contributed by atoms with E-state index in [-0.39, 0.29) is 11.8 Å². The van der Waals surface area contributed by atoms with Gasteiger partial charge in [0.25, 0.3) is 5.91 Å². The molecule has 0 bridgehead atoms. The molecule has 6 heteroatoms. The molecule has 0 saturated carbocycles. The van der Waals surface area contributed by atoms with Crippen LogP contribution in [0.3, 0.4) is 0 Å². The van der Waals surface area contributed by atoms with Crippen molar-refractivity contribution in [3.63, 3.8) is 0 Å². The lowest BCUT2D eigenvalue weighted by molar-refractivity contribution is -0.117. The third-order valence-corrected chi connectivity index (χ3v) is 6.02. The van der Waals surface area contributed by atoms with E-state index in [0.717, 1.165) is 35.3 Å². The average Bonchev–Trinajstić information content (AvgIpc) is 3.50. The Balaban J connectivity index is 1.32. The molecule has 170 valence electrons. The van der Waals surface area contributed by atoms with Crippen LogP contribution in [0, 0.1) is 0 Å². The standard InChI is InChI=1S/C28H26N4O2/c33-26-12-7-17-32(26)24-15-13-21(14-16-24)18-29-28(34)25-20-31(19-22-8-3-1-4-9-22)30-27(25)23-10-5-2-6-11-23/h1-6,8-11,13-16,20H,7,12,17-19H2,(H,29,34). The molecule has 0 atom stereocenters. The summed E-state index contributed by atoms with van der Waals surface area (Å²) in [5.74, 6) is -0.000953. The second-order valence-corrected chi connectivity index (χ2v) is 8.44. The molecule has 1 aliphatic heterocycles. The normalized spacial score (nSPS) is 13.3. The zero-order valence-corrected chi connectivity index (χ0v) is 18.9. The van der Waals surface area contributed by atoms with E-state index >= 15 is 0 Å². The molecule has 2 heterocycles. The fourth-order valence-corrected chi connectivity index (χ4v) is 4.24. The summed E-state index contributed by atoms with van der Waals surface area (Å²) in [5.41, 5.74) is 5.11. The summed E-state index contributed by atoms with van der Waals surface area (Å²) in [5, 5.41) is 7.76. The number of carbonyl (C=O) groups excluding carboxylic acids is 2. The molecule has 1 N–H and O–H groups in total. The quantitative estimate of drug-likeness (QED) is 0.446. The first-order chi connectivity index (χ1) is 16.7. The molecule has 1 saturated heterocycles. The van der Waals surface area contributed by atoms with Gasteiger partial charge in [0.15, 0.2) is 0 Å². The maximum absolute atomic E-state index is 13.2. The van der Waals surface area contributed by atoms with Gasteiger partial charge in [-0.2, -0.15) is 5.10 Å². The van der Waals surface area contributed by atoms with Crippen LogP contribution in [0.15, 0.2) is 91.1 Å². The van der Waals surface area contributed by atoms with Gasteiger partial charge in [0.1, 0.15) is 5.69 Å². The number of amides is 2. The van der Waals surface area contributed by atoms with Gasteiger partial charge in [-0.25, -0.2) is 0 Å².